The van der Waals surface area contributed by atoms with Crippen molar-refractivity contribution in [1.29, 1.82) is 0 Å². The first-order valence-electron chi connectivity index (χ1n) is 11.7. The van der Waals surface area contributed by atoms with Crippen LogP contribution in [0.25, 0.3) is 22.4 Å². The van der Waals surface area contributed by atoms with Crippen molar-refractivity contribution in [2.45, 2.75) is 33.0 Å². The summed E-state index contributed by atoms with van der Waals surface area (Å²) in [5.41, 5.74) is 2.72. The molecule has 0 aliphatic heterocycles. The Morgan fingerprint density at radius 2 is 2.03 bits per heavy atom. The molecule has 0 aliphatic rings. The van der Waals surface area contributed by atoms with Gasteiger partial charge in [0.1, 0.15) is 23.5 Å². The molecule has 0 saturated carbocycles. The Hall–Kier alpha value is -4.44. The lowest BCUT2D eigenvalue weighted by molar-refractivity contribution is 0.102. The number of carbonyl (C=O) groups excluding carboxylic acids is 1. The zero-order chi connectivity index (χ0) is 24.9. The summed E-state index contributed by atoms with van der Waals surface area (Å²) in [6.07, 6.45) is 7.09. The second-order valence-electron chi connectivity index (χ2n) is 8.53. The van der Waals surface area contributed by atoms with Crippen molar-refractivity contribution in [1.82, 2.24) is 34.3 Å². The van der Waals surface area contributed by atoms with Crippen LogP contribution in [0.2, 0.25) is 0 Å². The van der Waals surface area contributed by atoms with Crippen LogP contribution in [0.1, 0.15) is 36.1 Å². The van der Waals surface area contributed by atoms with Gasteiger partial charge < -0.3 is 19.2 Å². The van der Waals surface area contributed by atoms with Gasteiger partial charge in [-0.15, -0.1) is 10.2 Å². The molecule has 10 nitrogen and oxygen atoms in total. The summed E-state index contributed by atoms with van der Waals surface area (Å²) < 4.78 is 9.74. The first kappa shape index (κ1) is 23.3. The molecule has 5 aromatic rings. The van der Waals surface area contributed by atoms with Gasteiger partial charge in [-0.25, -0.2) is 4.98 Å². The Bertz CT molecular complexity index is 1480. The molecule has 1 amide bonds. The number of nitrogens with zero attached hydrogens (tertiary/aromatic N) is 7. The first-order chi connectivity index (χ1) is 17.6. The highest BCUT2D eigenvalue weighted by Crippen LogP contribution is 2.21. The minimum Gasteiger partial charge on any atom is -0.373 e. The zero-order valence-corrected chi connectivity index (χ0v) is 20.1. The fraction of sp³-hybridized carbons (Fsp3) is 0.231. The topological polar surface area (TPSA) is 113 Å². The molecule has 0 aromatic carbocycles. The molecule has 5 rings (SSSR count). The summed E-state index contributed by atoms with van der Waals surface area (Å²) in [6, 6.07) is 15.1. The maximum atomic E-state index is 13.0. The summed E-state index contributed by atoms with van der Waals surface area (Å²) in [5, 5.41) is 12.0. The lowest BCUT2D eigenvalue weighted by atomic mass is 10.2. The van der Waals surface area contributed by atoms with Gasteiger partial charge in [-0.05, 0) is 50.2 Å². The minimum atomic E-state index is -0.342. The highest BCUT2D eigenvalue weighted by molar-refractivity contribution is 6.04. The van der Waals surface area contributed by atoms with Crippen molar-refractivity contribution in [2.75, 3.05) is 11.9 Å². The van der Waals surface area contributed by atoms with Crippen molar-refractivity contribution in [3.8, 4) is 11.5 Å². The van der Waals surface area contributed by atoms with Crippen LogP contribution in [0.4, 0.5) is 5.82 Å². The number of aromatic nitrogens is 7. The zero-order valence-electron chi connectivity index (χ0n) is 20.1. The van der Waals surface area contributed by atoms with Gasteiger partial charge in [0.15, 0.2) is 5.82 Å². The number of nitrogens with one attached hydrogen (secondary N) is 1. The predicted octanol–water partition coefficient (Wildman–Crippen LogP) is 4.13. The van der Waals surface area contributed by atoms with Crippen molar-refractivity contribution < 1.29 is 9.53 Å². The van der Waals surface area contributed by atoms with Crippen LogP contribution in [0.5, 0.6) is 0 Å². The van der Waals surface area contributed by atoms with E-state index in [2.05, 4.69) is 30.5 Å². The molecule has 5 heterocycles. The number of carbonyl (C=O) groups is 1. The normalized spacial score (nSPS) is 11.3. The standard InChI is InChI=1S/C26H26N8O2/c1-18(2)34-17-29-32-25(34)21-7-5-8-24(30-21)31-26(35)22-14-23-19(15-28-22)9-11-33(23)12-13-36-16-20-6-3-4-10-27-20/h3-11,14-15,17-18H,12-13,16H2,1-2H3,(H,30,31,35). The third kappa shape index (κ3) is 5.13. The van der Waals surface area contributed by atoms with E-state index in [9.17, 15) is 4.79 Å². The third-order valence-electron chi connectivity index (χ3n) is 5.69. The van der Waals surface area contributed by atoms with Crippen LogP contribution in [-0.2, 0) is 17.9 Å². The predicted molar refractivity (Wildman–Crippen MR) is 135 cm³/mol. The van der Waals surface area contributed by atoms with Gasteiger partial charge in [-0.3, -0.25) is 14.8 Å². The number of pyridine rings is 3. The second kappa shape index (κ2) is 10.4. The molecule has 0 fully saturated rings. The molecule has 36 heavy (non-hydrogen) atoms. The maximum Gasteiger partial charge on any atom is 0.275 e. The van der Waals surface area contributed by atoms with Crippen molar-refractivity contribution in [2.24, 2.45) is 0 Å². The highest BCUT2D eigenvalue weighted by atomic mass is 16.5. The smallest absolute Gasteiger partial charge is 0.275 e. The summed E-state index contributed by atoms with van der Waals surface area (Å²) >= 11 is 0. The molecule has 0 atom stereocenters. The number of rotatable bonds is 9. The Kier molecular flexibility index (Phi) is 6.76. The number of fused-ring (bicyclic) bond motifs is 1. The molecule has 0 spiro atoms. The Balaban J connectivity index is 1.27. The Labute approximate surface area is 208 Å². The average molecular weight is 483 g/mol. The molecule has 182 valence electrons. The van der Waals surface area contributed by atoms with E-state index in [1.165, 1.54) is 0 Å². The number of ether oxygens (including phenoxy) is 1. The van der Waals surface area contributed by atoms with E-state index in [1.54, 1.807) is 30.9 Å². The molecule has 0 bridgehead atoms. The minimum absolute atomic E-state index is 0.183. The lowest BCUT2D eigenvalue weighted by Crippen LogP contribution is -2.15. The van der Waals surface area contributed by atoms with E-state index < -0.39 is 0 Å². The molecule has 5 aromatic heterocycles. The highest BCUT2D eigenvalue weighted by Gasteiger charge is 2.14. The number of anilines is 1. The second-order valence-corrected chi connectivity index (χ2v) is 8.53. The SMILES string of the molecule is CC(C)n1cnnc1-c1cccc(NC(=O)c2cc3c(ccn3CCOCc3ccccn3)cn2)n1. The average Bonchev–Trinajstić information content (AvgIpc) is 3.55. The molecule has 1 N–H and O–H groups in total. The fourth-order valence-corrected chi connectivity index (χ4v) is 3.84. The number of amides is 1. The van der Waals surface area contributed by atoms with Crippen LogP contribution < -0.4 is 5.32 Å². The molecule has 10 heteroatoms. The lowest BCUT2D eigenvalue weighted by Gasteiger charge is -2.11. The van der Waals surface area contributed by atoms with Gasteiger partial charge >= 0.3 is 0 Å². The van der Waals surface area contributed by atoms with Gasteiger partial charge in [-0.1, -0.05) is 12.1 Å². The van der Waals surface area contributed by atoms with E-state index in [0.717, 1.165) is 16.6 Å². The molecular weight excluding hydrogens is 456 g/mol. The largest absolute Gasteiger partial charge is 0.373 e. The van der Waals surface area contributed by atoms with Gasteiger partial charge in [0.25, 0.3) is 5.91 Å². The van der Waals surface area contributed by atoms with Gasteiger partial charge in [0.05, 0.1) is 24.4 Å². The van der Waals surface area contributed by atoms with E-state index in [1.807, 2.05) is 65.6 Å². The summed E-state index contributed by atoms with van der Waals surface area (Å²) in [5.74, 6) is 0.714. The molecule has 0 radical (unpaired) electrons. The van der Waals surface area contributed by atoms with E-state index in [4.69, 9.17) is 4.74 Å². The maximum absolute atomic E-state index is 13.0. The van der Waals surface area contributed by atoms with Crippen LogP contribution in [0.3, 0.4) is 0 Å². The quantitative estimate of drug-likeness (QED) is 0.314. The molecule has 0 unspecified atom stereocenters. The van der Waals surface area contributed by atoms with E-state index >= 15 is 0 Å². The van der Waals surface area contributed by atoms with Crippen molar-refractivity contribution in [3.05, 3.63) is 84.8 Å². The number of hydrogen-bond donors (Lipinski definition) is 1. The Morgan fingerprint density at radius 1 is 1.11 bits per heavy atom. The van der Waals surface area contributed by atoms with Crippen LogP contribution in [-0.4, -0.2) is 46.8 Å². The van der Waals surface area contributed by atoms with Crippen molar-refractivity contribution in [3.63, 3.8) is 0 Å². The summed E-state index contributed by atoms with van der Waals surface area (Å²) in [7, 11) is 0. The third-order valence-corrected chi connectivity index (χ3v) is 5.69. The van der Waals surface area contributed by atoms with Crippen LogP contribution in [0, 0.1) is 0 Å². The number of hydrogen-bond acceptors (Lipinski definition) is 7. The fourth-order valence-electron chi connectivity index (χ4n) is 3.84. The molecule has 0 aliphatic carbocycles. The summed E-state index contributed by atoms with van der Waals surface area (Å²) in [4.78, 5) is 26.2. The van der Waals surface area contributed by atoms with Gasteiger partial charge in [0, 0.05) is 36.6 Å². The van der Waals surface area contributed by atoms with E-state index in [0.29, 0.717) is 42.8 Å². The van der Waals surface area contributed by atoms with Crippen LogP contribution >= 0.6 is 0 Å². The van der Waals surface area contributed by atoms with Crippen molar-refractivity contribution >= 4 is 22.6 Å². The molecule has 0 saturated heterocycles. The van der Waals surface area contributed by atoms with Gasteiger partial charge in [-0.2, -0.15) is 0 Å². The van der Waals surface area contributed by atoms with Gasteiger partial charge in [0.2, 0.25) is 0 Å². The van der Waals surface area contributed by atoms with Crippen LogP contribution in [0.15, 0.2) is 73.4 Å². The monoisotopic (exact) mass is 482 g/mol. The summed E-state index contributed by atoms with van der Waals surface area (Å²) in [6.45, 7) is 5.70. The van der Waals surface area contributed by atoms with E-state index in [-0.39, 0.29) is 11.9 Å². The Morgan fingerprint density at radius 3 is 2.86 bits per heavy atom. The molecular formula is C26H26N8O2. The first-order valence-corrected chi connectivity index (χ1v) is 11.7.